The van der Waals surface area contributed by atoms with Crippen molar-refractivity contribution in [2.45, 2.75) is 39.5 Å². The second-order valence-corrected chi connectivity index (χ2v) is 6.04. The average molecular weight is 281 g/mol. The lowest BCUT2D eigenvalue weighted by Gasteiger charge is -2.39. The zero-order valence-corrected chi connectivity index (χ0v) is 13.1. The van der Waals surface area contributed by atoms with E-state index in [1.807, 2.05) is 6.92 Å². The van der Waals surface area contributed by atoms with Crippen molar-refractivity contribution in [3.8, 4) is 0 Å². The summed E-state index contributed by atoms with van der Waals surface area (Å²) in [5, 5.41) is 2.69. The highest BCUT2D eigenvalue weighted by molar-refractivity contribution is 5.83. The molecule has 4 atom stereocenters. The van der Waals surface area contributed by atoms with Crippen LogP contribution in [0.25, 0.3) is 0 Å². The van der Waals surface area contributed by atoms with Crippen LogP contribution in [0, 0.1) is 23.7 Å². The molecular formula is C16H27NO3. The lowest BCUT2D eigenvalue weighted by atomic mass is 9.66. The van der Waals surface area contributed by atoms with E-state index >= 15 is 0 Å². The zero-order chi connectivity index (χ0) is 15.3. The summed E-state index contributed by atoms with van der Waals surface area (Å²) >= 11 is 0. The molecular weight excluding hydrogens is 254 g/mol. The Kier molecular flexibility index (Phi) is 6.24. The predicted molar refractivity (Wildman–Crippen MR) is 79.0 cm³/mol. The molecule has 0 aromatic rings. The van der Waals surface area contributed by atoms with E-state index in [0.29, 0.717) is 11.8 Å². The van der Waals surface area contributed by atoms with Crippen LogP contribution in [0.5, 0.6) is 0 Å². The first kappa shape index (κ1) is 16.7. The molecule has 20 heavy (non-hydrogen) atoms. The fourth-order valence-electron chi connectivity index (χ4n) is 3.37. The van der Waals surface area contributed by atoms with Gasteiger partial charge < -0.3 is 10.1 Å². The number of nitrogens with one attached hydrogen (secondary N) is 1. The van der Waals surface area contributed by atoms with Crippen LogP contribution in [-0.4, -0.2) is 26.0 Å². The maximum atomic E-state index is 12.2. The summed E-state index contributed by atoms with van der Waals surface area (Å²) in [6.45, 7) is 8.30. The molecule has 0 radical (unpaired) electrons. The minimum Gasteiger partial charge on any atom is -0.469 e. The third-order valence-corrected chi connectivity index (χ3v) is 4.51. The first-order valence-electron chi connectivity index (χ1n) is 7.34. The van der Waals surface area contributed by atoms with Gasteiger partial charge in [-0.25, -0.2) is 0 Å². The Morgan fingerprint density at radius 2 is 2.05 bits per heavy atom. The van der Waals surface area contributed by atoms with Crippen LogP contribution >= 0.6 is 0 Å². The third kappa shape index (κ3) is 4.09. The van der Waals surface area contributed by atoms with Crippen molar-refractivity contribution in [1.29, 1.82) is 0 Å². The lowest BCUT2D eigenvalue weighted by Crippen LogP contribution is -2.40. The SMILES string of the molecule is C=C(C)C1CCC(C)CC1C(CC(=O)OC)C(=O)NC. The molecule has 1 fully saturated rings. The molecule has 4 nitrogen and oxygen atoms in total. The Bertz CT molecular complexity index is 378. The van der Waals surface area contributed by atoms with E-state index in [4.69, 9.17) is 4.74 Å². The molecule has 1 aliphatic carbocycles. The van der Waals surface area contributed by atoms with Gasteiger partial charge in [0.25, 0.3) is 0 Å². The monoisotopic (exact) mass is 281 g/mol. The predicted octanol–water partition coefficient (Wildman–Crippen LogP) is 2.54. The van der Waals surface area contributed by atoms with E-state index in [9.17, 15) is 9.59 Å². The summed E-state index contributed by atoms with van der Waals surface area (Å²) in [4.78, 5) is 23.8. The Labute approximate surface area is 122 Å². The highest BCUT2D eigenvalue weighted by Crippen LogP contribution is 2.42. The topological polar surface area (TPSA) is 55.4 Å². The van der Waals surface area contributed by atoms with Crippen molar-refractivity contribution in [2.24, 2.45) is 23.7 Å². The molecule has 0 aliphatic heterocycles. The molecule has 1 saturated carbocycles. The van der Waals surface area contributed by atoms with E-state index in [1.165, 1.54) is 7.11 Å². The van der Waals surface area contributed by atoms with Crippen molar-refractivity contribution in [3.63, 3.8) is 0 Å². The van der Waals surface area contributed by atoms with Gasteiger partial charge in [-0.15, -0.1) is 0 Å². The molecule has 0 aromatic carbocycles. The van der Waals surface area contributed by atoms with E-state index in [1.54, 1.807) is 7.05 Å². The Balaban J connectivity index is 2.97. The van der Waals surface area contributed by atoms with Crippen molar-refractivity contribution in [3.05, 3.63) is 12.2 Å². The van der Waals surface area contributed by atoms with Gasteiger partial charge in [-0.2, -0.15) is 0 Å². The van der Waals surface area contributed by atoms with Gasteiger partial charge in [0, 0.05) is 7.05 Å². The summed E-state index contributed by atoms with van der Waals surface area (Å²) in [6, 6.07) is 0. The number of rotatable bonds is 5. The van der Waals surface area contributed by atoms with Gasteiger partial charge >= 0.3 is 5.97 Å². The lowest BCUT2D eigenvalue weighted by molar-refractivity contribution is -0.145. The van der Waals surface area contributed by atoms with Gasteiger partial charge in [-0.3, -0.25) is 9.59 Å². The van der Waals surface area contributed by atoms with Crippen LogP contribution in [0.15, 0.2) is 12.2 Å². The summed E-state index contributed by atoms with van der Waals surface area (Å²) in [6.07, 6.45) is 3.33. The molecule has 1 N–H and O–H groups in total. The van der Waals surface area contributed by atoms with Crippen LogP contribution in [0.1, 0.15) is 39.5 Å². The molecule has 0 saturated heterocycles. The van der Waals surface area contributed by atoms with Gasteiger partial charge in [0.05, 0.1) is 19.4 Å². The van der Waals surface area contributed by atoms with Crippen molar-refractivity contribution < 1.29 is 14.3 Å². The number of esters is 1. The highest BCUT2D eigenvalue weighted by Gasteiger charge is 2.39. The van der Waals surface area contributed by atoms with E-state index < -0.39 is 0 Å². The smallest absolute Gasteiger partial charge is 0.306 e. The number of hydrogen-bond acceptors (Lipinski definition) is 3. The quantitative estimate of drug-likeness (QED) is 0.622. The minimum absolute atomic E-state index is 0.0687. The summed E-state index contributed by atoms with van der Waals surface area (Å²) in [5.74, 6) is 0.365. The van der Waals surface area contributed by atoms with E-state index in [-0.39, 0.29) is 30.1 Å². The number of ether oxygens (including phenoxy) is 1. The third-order valence-electron chi connectivity index (χ3n) is 4.51. The molecule has 1 amide bonds. The van der Waals surface area contributed by atoms with Crippen molar-refractivity contribution in [2.75, 3.05) is 14.2 Å². The Hall–Kier alpha value is -1.32. The molecule has 114 valence electrons. The normalized spacial score (nSPS) is 27.5. The summed E-state index contributed by atoms with van der Waals surface area (Å²) in [5.41, 5.74) is 1.11. The van der Waals surface area contributed by atoms with Crippen molar-refractivity contribution in [1.82, 2.24) is 5.32 Å². The molecule has 0 heterocycles. The number of allylic oxidation sites excluding steroid dienone is 1. The van der Waals surface area contributed by atoms with Gasteiger partial charge in [0.2, 0.25) is 5.91 Å². The molecule has 1 rings (SSSR count). The first-order chi connectivity index (χ1) is 9.40. The number of methoxy groups -OCH3 is 1. The fraction of sp³-hybridized carbons (Fsp3) is 0.750. The molecule has 0 bridgehead atoms. The Morgan fingerprint density at radius 3 is 2.55 bits per heavy atom. The number of carbonyl (C=O) groups is 2. The van der Waals surface area contributed by atoms with Crippen LogP contribution in [0.2, 0.25) is 0 Å². The number of hydrogen-bond donors (Lipinski definition) is 1. The maximum Gasteiger partial charge on any atom is 0.306 e. The van der Waals surface area contributed by atoms with Crippen LogP contribution < -0.4 is 5.32 Å². The minimum atomic E-state index is -0.322. The zero-order valence-electron chi connectivity index (χ0n) is 13.1. The van der Waals surface area contributed by atoms with E-state index in [2.05, 4.69) is 18.8 Å². The maximum absolute atomic E-state index is 12.2. The molecule has 1 aliphatic rings. The van der Waals surface area contributed by atoms with Gasteiger partial charge in [-0.05, 0) is 37.5 Å². The second kappa shape index (κ2) is 7.46. The van der Waals surface area contributed by atoms with Gasteiger partial charge in [0.15, 0.2) is 0 Å². The Morgan fingerprint density at radius 1 is 1.40 bits per heavy atom. The fourth-order valence-corrected chi connectivity index (χ4v) is 3.37. The largest absolute Gasteiger partial charge is 0.469 e. The number of carbonyl (C=O) groups excluding carboxylic acids is 2. The molecule has 4 unspecified atom stereocenters. The standard InChI is InChI=1S/C16H27NO3/c1-10(2)12-7-6-11(3)8-13(12)14(16(19)17-4)9-15(18)20-5/h11-14H,1,6-9H2,2-5H3,(H,17,19). The average Bonchev–Trinajstić information content (AvgIpc) is 2.43. The highest BCUT2D eigenvalue weighted by atomic mass is 16.5. The van der Waals surface area contributed by atoms with Gasteiger partial charge in [-0.1, -0.05) is 25.5 Å². The van der Waals surface area contributed by atoms with Crippen LogP contribution in [0.4, 0.5) is 0 Å². The van der Waals surface area contributed by atoms with Gasteiger partial charge in [0.1, 0.15) is 0 Å². The molecule has 0 spiro atoms. The van der Waals surface area contributed by atoms with Crippen molar-refractivity contribution >= 4 is 11.9 Å². The molecule has 0 aromatic heterocycles. The first-order valence-corrected chi connectivity index (χ1v) is 7.34. The molecule has 4 heteroatoms. The summed E-state index contributed by atoms with van der Waals surface area (Å²) in [7, 11) is 2.98. The summed E-state index contributed by atoms with van der Waals surface area (Å²) < 4.78 is 4.75. The van der Waals surface area contributed by atoms with Crippen LogP contribution in [-0.2, 0) is 14.3 Å². The number of amides is 1. The van der Waals surface area contributed by atoms with Crippen LogP contribution in [0.3, 0.4) is 0 Å². The van der Waals surface area contributed by atoms with E-state index in [0.717, 1.165) is 24.8 Å². The second-order valence-electron chi connectivity index (χ2n) is 6.04.